The van der Waals surface area contributed by atoms with Crippen LogP contribution >= 0.6 is 0 Å². The Balaban J connectivity index is 1.78. The van der Waals surface area contributed by atoms with Crippen LogP contribution in [-0.4, -0.2) is 35.6 Å². The van der Waals surface area contributed by atoms with E-state index in [-0.39, 0.29) is 28.9 Å². The maximum Gasteiger partial charge on any atom is 0.416 e. The molecule has 0 amide bonds. The van der Waals surface area contributed by atoms with Crippen LogP contribution in [0, 0.1) is 0 Å². The second-order valence-corrected chi connectivity index (χ2v) is 8.06. The van der Waals surface area contributed by atoms with Crippen molar-refractivity contribution in [1.29, 1.82) is 0 Å². The number of nitrogens with zero attached hydrogens (tertiary/aromatic N) is 3. The van der Waals surface area contributed by atoms with Gasteiger partial charge >= 0.3 is 12.4 Å². The third kappa shape index (κ3) is 5.11. The van der Waals surface area contributed by atoms with Crippen molar-refractivity contribution in [2.45, 2.75) is 31.7 Å². The molecule has 0 unspecified atom stereocenters. The highest BCUT2D eigenvalue weighted by molar-refractivity contribution is 5.91. The quantitative estimate of drug-likeness (QED) is 0.342. The molecule has 0 saturated carbocycles. The Bertz CT molecular complexity index is 1190. The molecule has 0 spiro atoms. The summed E-state index contributed by atoms with van der Waals surface area (Å²) in [5, 5.41) is 6.43. The van der Waals surface area contributed by atoms with Crippen molar-refractivity contribution in [3.8, 4) is 0 Å². The van der Waals surface area contributed by atoms with Crippen LogP contribution in [0.4, 0.5) is 49.5 Å². The first-order valence-electron chi connectivity index (χ1n) is 10.6. The molecule has 1 aliphatic heterocycles. The van der Waals surface area contributed by atoms with Crippen LogP contribution in [-0.2, 0) is 12.4 Å². The smallest absolute Gasteiger partial charge is 0.399 e. The molecular formula is C22H22F6N6. The number of hydrogen-bond acceptors (Lipinski definition) is 6. The fourth-order valence-electron chi connectivity index (χ4n) is 4.01. The lowest BCUT2D eigenvalue weighted by Crippen LogP contribution is -2.32. The van der Waals surface area contributed by atoms with Crippen LogP contribution in [0.5, 0.6) is 0 Å². The molecule has 0 bridgehead atoms. The van der Waals surface area contributed by atoms with Gasteiger partial charge in [-0.1, -0.05) is 6.92 Å². The van der Waals surface area contributed by atoms with Gasteiger partial charge in [0.15, 0.2) is 0 Å². The van der Waals surface area contributed by atoms with Gasteiger partial charge in [0.2, 0.25) is 5.95 Å². The summed E-state index contributed by atoms with van der Waals surface area (Å²) in [7, 11) is 0. The standard InChI is InChI=1S/C22H22F6N6/c1-2-30-15-5-6-34(11-15)19-17-4-3-12(21(23,24)25)9-18(17)32-20(33-19)31-16-8-13(22(26,27)28)7-14(29)10-16/h3-4,7-10,15,30H,2,5-6,11,29H2,1H3,(H,31,32,33)/t15-/m0/s1. The topological polar surface area (TPSA) is 79.1 Å². The minimum absolute atomic E-state index is 0.0224. The number of aromatic nitrogens is 2. The van der Waals surface area contributed by atoms with Gasteiger partial charge in [-0.05, 0) is 49.4 Å². The molecule has 34 heavy (non-hydrogen) atoms. The third-order valence-electron chi connectivity index (χ3n) is 5.52. The number of likely N-dealkylation sites (N-methyl/N-ethyl adjacent to an activating group) is 1. The van der Waals surface area contributed by atoms with Gasteiger partial charge in [-0.3, -0.25) is 0 Å². The summed E-state index contributed by atoms with van der Waals surface area (Å²) < 4.78 is 79.5. The number of benzene rings is 2. The van der Waals surface area contributed by atoms with Crippen LogP contribution in [0.25, 0.3) is 10.9 Å². The zero-order valence-corrected chi connectivity index (χ0v) is 18.1. The lowest BCUT2D eigenvalue weighted by atomic mass is 10.1. The van der Waals surface area contributed by atoms with Crippen LogP contribution < -0.4 is 21.3 Å². The zero-order chi connectivity index (χ0) is 24.7. The van der Waals surface area contributed by atoms with Gasteiger partial charge < -0.3 is 21.3 Å². The van der Waals surface area contributed by atoms with E-state index < -0.39 is 23.5 Å². The summed E-state index contributed by atoms with van der Waals surface area (Å²) >= 11 is 0. The summed E-state index contributed by atoms with van der Waals surface area (Å²) in [6.07, 6.45) is -8.39. The first kappa shape index (κ1) is 23.9. The molecule has 1 aliphatic rings. The summed E-state index contributed by atoms with van der Waals surface area (Å²) in [6, 6.07) is 6.28. The molecule has 4 N–H and O–H groups in total. The van der Waals surface area contributed by atoms with Crippen molar-refractivity contribution < 1.29 is 26.3 Å². The number of nitrogens with one attached hydrogen (secondary N) is 2. The maximum absolute atomic E-state index is 13.3. The average molecular weight is 484 g/mol. The molecule has 182 valence electrons. The van der Waals surface area contributed by atoms with Crippen molar-refractivity contribution in [3.63, 3.8) is 0 Å². The first-order valence-corrected chi connectivity index (χ1v) is 10.6. The van der Waals surface area contributed by atoms with E-state index in [9.17, 15) is 26.3 Å². The summed E-state index contributed by atoms with van der Waals surface area (Å²) in [4.78, 5) is 10.6. The summed E-state index contributed by atoms with van der Waals surface area (Å²) in [5.41, 5.74) is 3.63. The number of anilines is 4. The molecule has 1 aromatic heterocycles. The number of nitrogen functional groups attached to an aromatic ring is 1. The summed E-state index contributed by atoms with van der Waals surface area (Å²) in [5.74, 6) is 0.272. The predicted octanol–water partition coefficient (Wildman–Crippen LogP) is 5.18. The number of hydrogen-bond donors (Lipinski definition) is 3. The van der Waals surface area contributed by atoms with Crippen molar-refractivity contribution in [2.75, 3.05) is 35.6 Å². The SMILES string of the molecule is CCN[C@H]1CCN(c2nc(Nc3cc(N)cc(C(F)(F)F)c3)nc3cc(C(F)(F)F)ccc23)C1. The highest BCUT2D eigenvalue weighted by atomic mass is 19.4. The monoisotopic (exact) mass is 484 g/mol. The van der Waals surface area contributed by atoms with Gasteiger partial charge in [-0.25, -0.2) is 4.98 Å². The Morgan fingerprint density at radius 3 is 2.41 bits per heavy atom. The normalized spacial score (nSPS) is 16.9. The maximum atomic E-state index is 13.3. The molecule has 0 aliphatic carbocycles. The van der Waals surface area contributed by atoms with E-state index in [1.807, 2.05) is 11.8 Å². The first-order chi connectivity index (χ1) is 15.9. The molecule has 3 aromatic rings. The van der Waals surface area contributed by atoms with E-state index in [4.69, 9.17) is 5.73 Å². The molecule has 12 heteroatoms. The van der Waals surface area contributed by atoms with E-state index >= 15 is 0 Å². The largest absolute Gasteiger partial charge is 0.416 e. The van der Waals surface area contributed by atoms with Gasteiger partial charge in [0, 0.05) is 35.9 Å². The van der Waals surface area contributed by atoms with Gasteiger partial charge in [-0.2, -0.15) is 31.3 Å². The Morgan fingerprint density at radius 2 is 1.74 bits per heavy atom. The van der Waals surface area contributed by atoms with Crippen molar-refractivity contribution >= 4 is 34.0 Å². The van der Waals surface area contributed by atoms with Crippen molar-refractivity contribution in [2.24, 2.45) is 0 Å². The lowest BCUT2D eigenvalue weighted by Gasteiger charge is -2.21. The molecule has 1 fully saturated rings. The minimum Gasteiger partial charge on any atom is -0.399 e. The summed E-state index contributed by atoms with van der Waals surface area (Å²) in [6.45, 7) is 3.93. The van der Waals surface area contributed by atoms with E-state index in [1.54, 1.807) is 0 Å². The molecular weight excluding hydrogens is 462 g/mol. The number of halogens is 6. The van der Waals surface area contributed by atoms with Crippen molar-refractivity contribution in [1.82, 2.24) is 15.3 Å². The highest BCUT2D eigenvalue weighted by Gasteiger charge is 2.33. The van der Waals surface area contributed by atoms with Gasteiger partial charge in [0.1, 0.15) is 5.82 Å². The van der Waals surface area contributed by atoms with Gasteiger partial charge in [-0.15, -0.1) is 0 Å². The molecule has 6 nitrogen and oxygen atoms in total. The van der Waals surface area contributed by atoms with Gasteiger partial charge in [0.25, 0.3) is 0 Å². The fraction of sp³-hybridized carbons (Fsp3) is 0.364. The Hall–Kier alpha value is -3.28. The van der Waals surface area contributed by atoms with Gasteiger partial charge in [0.05, 0.1) is 16.6 Å². The number of nitrogens with two attached hydrogens (primary N) is 1. The van der Waals surface area contributed by atoms with E-state index in [1.165, 1.54) is 12.1 Å². The van der Waals surface area contributed by atoms with E-state index in [2.05, 4.69) is 20.6 Å². The molecule has 4 rings (SSSR count). The number of alkyl halides is 6. The minimum atomic E-state index is -4.63. The Kier molecular flexibility index (Phi) is 6.19. The van der Waals surface area contributed by atoms with Crippen molar-refractivity contribution in [3.05, 3.63) is 47.5 Å². The van der Waals surface area contributed by atoms with Crippen LogP contribution in [0.3, 0.4) is 0 Å². The second kappa shape index (κ2) is 8.82. The second-order valence-electron chi connectivity index (χ2n) is 8.06. The lowest BCUT2D eigenvalue weighted by molar-refractivity contribution is -0.138. The zero-order valence-electron chi connectivity index (χ0n) is 18.1. The molecule has 2 aromatic carbocycles. The Labute approximate surface area is 191 Å². The molecule has 2 heterocycles. The molecule has 0 radical (unpaired) electrons. The van der Waals surface area contributed by atoms with E-state index in [0.717, 1.165) is 37.2 Å². The van der Waals surface area contributed by atoms with E-state index in [0.29, 0.717) is 24.3 Å². The Morgan fingerprint density at radius 1 is 1.00 bits per heavy atom. The molecule has 1 atom stereocenters. The van der Waals surface area contributed by atoms with Crippen LogP contribution in [0.1, 0.15) is 24.5 Å². The predicted molar refractivity (Wildman–Crippen MR) is 118 cm³/mol. The van der Waals surface area contributed by atoms with Crippen LogP contribution in [0.15, 0.2) is 36.4 Å². The molecule has 1 saturated heterocycles. The average Bonchev–Trinajstić information content (AvgIpc) is 3.20. The number of rotatable bonds is 5. The fourth-order valence-corrected chi connectivity index (χ4v) is 4.01. The highest BCUT2D eigenvalue weighted by Crippen LogP contribution is 2.36. The van der Waals surface area contributed by atoms with Crippen LogP contribution in [0.2, 0.25) is 0 Å². The number of fused-ring (bicyclic) bond motifs is 1. The third-order valence-corrected chi connectivity index (χ3v) is 5.52.